The molecule has 5 nitrogen and oxygen atoms in total. The SMILES string of the molecule is Cc1ccc(C)c(N2C(SCCOc3ccccc3)=N[C@@H]3CS(=O)(=O)C[C@@H]32)c1. The van der Waals surface area contributed by atoms with Crippen LogP contribution in [0.2, 0.25) is 0 Å². The third kappa shape index (κ3) is 4.05. The van der Waals surface area contributed by atoms with Gasteiger partial charge < -0.3 is 9.64 Å². The summed E-state index contributed by atoms with van der Waals surface area (Å²) in [7, 11) is -3.04. The molecule has 0 N–H and O–H groups in total. The fourth-order valence-electron chi connectivity index (χ4n) is 3.70. The molecule has 0 spiro atoms. The number of para-hydroxylation sites is 1. The minimum atomic E-state index is -3.04. The standard InChI is InChI=1S/C21H24N2O3S2/c1-15-8-9-16(2)19(12-15)23-20-14-28(24,25)13-18(20)22-21(23)27-11-10-26-17-6-4-3-5-7-17/h3-9,12,18,20H,10-11,13-14H2,1-2H3/t18-,20+/m1/s1. The van der Waals surface area contributed by atoms with E-state index >= 15 is 0 Å². The Balaban J connectivity index is 1.51. The molecule has 2 aromatic carbocycles. The maximum Gasteiger partial charge on any atom is 0.164 e. The van der Waals surface area contributed by atoms with E-state index in [1.165, 1.54) is 0 Å². The van der Waals surface area contributed by atoms with Crippen molar-refractivity contribution in [2.24, 2.45) is 4.99 Å². The van der Waals surface area contributed by atoms with E-state index in [2.05, 4.69) is 36.9 Å². The Labute approximate surface area is 170 Å². The van der Waals surface area contributed by atoms with Gasteiger partial charge in [0.2, 0.25) is 0 Å². The summed E-state index contributed by atoms with van der Waals surface area (Å²) in [6, 6.07) is 15.7. The first-order valence-electron chi connectivity index (χ1n) is 9.38. The van der Waals surface area contributed by atoms with Crippen molar-refractivity contribution < 1.29 is 13.2 Å². The molecule has 2 heterocycles. The third-order valence-electron chi connectivity index (χ3n) is 5.06. The van der Waals surface area contributed by atoms with Crippen LogP contribution in [0.3, 0.4) is 0 Å². The highest BCUT2D eigenvalue weighted by molar-refractivity contribution is 8.14. The number of rotatable bonds is 5. The second kappa shape index (κ2) is 7.79. The van der Waals surface area contributed by atoms with E-state index < -0.39 is 9.84 Å². The summed E-state index contributed by atoms with van der Waals surface area (Å²) in [6.07, 6.45) is 0. The van der Waals surface area contributed by atoms with Gasteiger partial charge in [-0.15, -0.1) is 0 Å². The first kappa shape index (κ1) is 19.3. The second-order valence-corrected chi connectivity index (χ2v) is 10.5. The molecular formula is C21H24N2O3S2. The molecule has 0 amide bonds. The zero-order valence-electron chi connectivity index (χ0n) is 16.0. The van der Waals surface area contributed by atoms with E-state index in [4.69, 9.17) is 9.73 Å². The van der Waals surface area contributed by atoms with Crippen LogP contribution in [0.4, 0.5) is 5.69 Å². The smallest absolute Gasteiger partial charge is 0.164 e. The average Bonchev–Trinajstić information content (AvgIpc) is 3.13. The molecule has 2 atom stereocenters. The molecule has 0 saturated carbocycles. The Bertz CT molecular complexity index is 990. The Hall–Kier alpha value is -1.99. The number of amidine groups is 1. The lowest BCUT2D eigenvalue weighted by molar-refractivity contribution is 0.344. The zero-order valence-corrected chi connectivity index (χ0v) is 17.7. The molecule has 2 aromatic rings. The molecule has 7 heteroatoms. The lowest BCUT2D eigenvalue weighted by Gasteiger charge is -2.28. The van der Waals surface area contributed by atoms with Crippen molar-refractivity contribution in [3.05, 3.63) is 59.7 Å². The first-order chi connectivity index (χ1) is 13.4. The van der Waals surface area contributed by atoms with Crippen LogP contribution in [0.15, 0.2) is 53.5 Å². The molecule has 0 radical (unpaired) electrons. The number of aryl methyl sites for hydroxylation is 2. The molecule has 1 saturated heterocycles. The van der Waals surface area contributed by atoms with Crippen molar-refractivity contribution in [2.75, 3.05) is 28.8 Å². The summed E-state index contributed by atoms with van der Waals surface area (Å²) < 4.78 is 30.1. The molecule has 2 aliphatic heterocycles. The third-order valence-corrected chi connectivity index (χ3v) is 7.69. The topological polar surface area (TPSA) is 59.0 Å². The highest BCUT2D eigenvalue weighted by atomic mass is 32.2. The van der Waals surface area contributed by atoms with Crippen molar-refractivity contribution >= 4 is 32.5 Å². The van der Waals surface area contributed by atoms with Gasteiger partial charge in [0, 0.05) is 11.4 Å². The van der Waals surface area contributed by atoms with Gasteiger partial charge in [-0.25, -0.2) is 8.42 Å². The summed E-state index contributed by atoms with van der Waals surface area (Å²) in [4.78, 5) is 6.93. The summed E-state index contributed by atoms with van der Waals surface area (Å²) in [6.45, 7) is 4.69. The Morgan fingerprint density at radius 2 is 1.93 bits per heavy atom. The molecule has 0 unspecified atom stereocenters. The van der Waals surface area contributed by atoms with Gasteiger partial charge in [-0.05, 0) is 43.2 Å². The van der Waals surface area contributed by atoms with E-state index in [1.807, 2.05) is 30.3 Å². The summed E-state index contributed by atoms with van der Waals surface area (Å²) in [5.74, 6) is 1.91. The largest absolute Gasteiger partial charge is 0.493 e. The number of fused-ring (bicyclic) bond motifs is 1. The van der Waals surface area contributed by atoms with E-state index in [0.717, 1.165) is 33.5 Å². The molecule has 4 rings (SSSR count). The second-order valence-electron chi connectivity index (χ2n) is 7.29. The van der Waals surface area contributed by atoms with Gasteiger partial charge in [0.25, 0.3) is 0 Å². The number of hydrogen-bond acceptors (Lipinski definition) is 6. The summed E-state index contributed by atoms with van der Waals surface area (Å²) in [5, 5.41) is 0.898. The van der Waals surface area contributed by atoms with Gasteiger partial charge in [-0.1, -0.05) is 42.1 Å². The van der Waals surface area contributed by atoms with Crippen LogP contribution < -0.4 is 9.64 Å². The van der Waals surface area contributed by atoms with Crippen LogP contribution in [0.25, 0.3) is 0 Å². The molecule has 1 fully saturated rings. The minimum Gasteiger partial charge on any atom is -0.493 e. The Morgan fingerprint density at radius 1 is 1.14 bits per heavy atom. The van der Waals surface area contributed by atoms with E-state index in [1.54, 1.807) is 11.8 Å². The first-order valence-corrected chi connectivity index (χ1v) is 12.2. The molecule has 0 aromatic heterocycles. The maximum atomic E-state index is 12.2. The maximum absolute atomic E-state index is 12.2. The van der Waals surface area contributed by atoms with Gasteiger partial charge in [0.1, 0.15) is 5.75 Å². The van der Waals surface area contributed by atoms with Crippen LogP contribution in [0.5, 0.6) is 5.75 Å². The van der Waals surface area contributed by atoms with E-state index in [-0.39, 0.29) is 23.6 Å². The van der Waals surface area contributed by atoms with Crippen LogP contribution >= 0.6 is 11.8 Å². The van der Waals surface area contributed by atoms with Crippen molar-refractivity contribution in [1.29, 1.82) is 0 Å². The molecule has 0 bridgehead atoms. The van der Waals surface area contributed by atoms with E-state index in [9.17, 15) is 8.42 Å². The molecular weight excluding hydrogens is 392 g/mol. The number of ether oxygens (including phenoxy) is 1. The fraction of sp³-hybridized carbons (Fsp3) is 0.381. The minimum absolute atomic E-state index is 0.108. The summed E-state index contributed by atoms with van der Waals surface area (Å²) in [5.41, 5.74) is 3.34. The van der Waals surface area contributed by atoms with Gasteiger partial charge in [-0.2, -0.15) is 0 Å². The van der Waals surface area contributed by atoms with Gasteiger partial charge in [-0.3, -0.25) is 4.99 Å². The van der Waals surface area contributed by atoms with Crippen LogP contribution in [-0.4, -0.2) is 49.5 Å². The number of aliphatic imine (C=N–C) groups is 1. The highest BCUT2D eigenvalue weighted by Crippen LogP contribution is 2.36. The lowest BCUT2D eigenvalue weighted by atomic mass is 10.1. The predicted octanol–water partition coefficient (Wildman–Crippen LogP) is 3.46. The molecule has 0 aliphatic carbocycles. The van der Waals surface area contributed by atoms with E-state index in [0.29, 0.717) is 6.61 Å². The van der Waals surface area contributed by atoms with Crippen molar-refractivity contribution in [3.8, 4) is 5.75 Å². The number of sulfone groups is 1. The zero-order chi connectivity index (χ0) is 19.7. The van der Waals surface area contributed by atoms with Crippen molar-refractivity contribution in [2.45, 2.75) is 25.9 Å². The van der Waals surface area contributed by atoms with Crippen LogP contribution in [0, 0.1) is 13.8 Å². The van der Waals surface area contributed by atoms with Gasteiger partial charge >= 0.3 is 0 Å². The van der Waals surface area contributed by atoms with Crippen molar-refractivity contribution in [1.82, 2.24) is 0 Å². The lowest BCUT2D eigenvalue weighted by Crippen LogP contribution is -2.39. The van der Waals surface area contributed by atoms with Gasteiger partial charge in [0.15, 0.2) is 15.0 Å². The van der Waals surface area contributed by atoms with Gasteiger partial charge in [0.05, 0.1) is 30.2 Å². The van der Waals surface area contributed by atoms with Crippen LogP contribution in [-0.2, 0) is 9.84 Å². The number of benzene rings is 2. The quantitative estimate of drug-likeness (QED) is 0.699. The normalized spacial score (nSPS) is 22.8. The molecule has 148 valence electrons. The monoisotopic (exact) mass is 416 g/mol. The Morgan fingerprint density at radius 3 is 2.71 bits per heavy atom. The number of hydrogen-bond donors (Lipinski definition) is 0. The fourth-order valence-corrected chi connectivity index (χ4v) is 6.48. The molecule has 2 aliphatic rings. The van der Waals surface area contributed by atoms with Crippen LogP contribution in [0.1, 0.15) is 11.1 Å². The number of nitrogens with zero attached hydrogens (tertiary/aromatic N) is 2. The Kier molecular flexibility index (Phi) is 5.38. The highest BCUT2D eigenvalue weighted by Gasteiger charge is 2.47. The summed E-state index contributed by atoms with van der Waals surface area (Å²) >= 11 is 1.63. The number of anilines is 1. The predicted molar refractivity (Wildman–Crippen MR) is 116 cm³/mol. The average molecular weight is 417 g/mol. The number of thioether (sulfide) groups is 1. The molecule has 28 heavy (non-hydrogen) atoms. The van der Waals surface area contributed by atoms with Crippen molar-refractivity contribution in [3.63, 3.8) is 0 Å².